The summed E-state index contributed by atoms with van der Waals surface area (Å²) in [4.78, 5) is 5.09. The largest absolute Gasteiger partial charge is 0.369 e. The van der Waals surface area contributed by atoms with Crippen LogP contribution in [0.3, 0.4) is 0 Å². The molecule has 1 aliphatic rings. The van der Waals surface area contributed by atoms with Crippen molar-refractivity contribution in [2.75, 3.05) is 37.6 Å². The second-order valence-corrected chi connectivity index (χ2v) is 5.53. The normalized spacial score (nSPS) is 17.2. The maximum Gasteiger partial charge on any atom is 0.0412 e. The molecule has 1 aromatic rings. The monoisotopic (exact) mass is 261 g/mol. The van der Waals surface area contributed by atoms with Crippen molar-refractivity contribution in [1.82, 2.24) is 10.2 Å². The molecule has 0 atom stereocenters. The van der Waals surface area contributed by atoms with Gasteiger partial charge in [-0.3, -0.25) is 4.90 Å². The van der Waals surface area contributed by atoms with Crippen LogP contribution in [-0.4, -0.2) is 43.7 Å². The second kappa shape index (κ2) is 6.92. The minimum atomic E-state index is 0.666. The number of anilines is 1. The van der Waals surface area contributed by atoms with Gasteiger partial charge in [-0.15, -0.1) is 0 Å². The van der Waals surface area contributed by atoms with Crippen molar-refractivity contribution in [2.24, 2.45) is 0 Å². The Balaban J connectivity index is 2.02. The smallest absolute Gasteiger partial charge is 0.0412 e. The molecule has 106 valence electrons. The van der Waals surface area contributed by atoms with E-state index in [-0.39, 0.29) is 0 Å². The van der Waals surface area contributed by atoms with E-state index in [0.29, 0.717) is 6.04 Å². The molecule has 1 fully saturated rings. The maximum atomic E-state index is 3.43. The Morgan fingerprint density at radius 1 is 1.11 bits per heavy atom. The molecule has 19 heavy (non-hydrogen) atoms. The van der Waals surface area contributed by atoms with E-state index in [2.05, 4.69) is 60.2 Å². The number of benzene rings is 1. The molecule has 0 aliphatic carbocycles. The zero-order valence-corrected chi connectivity index (χ0v) is 12.5. The van der Waals surface area contributed by atoms with Crippen molar-refractivity contribution in [3.05, 3.63) is 29.8 Å². The van der Waals surface area contributed by atoms with Crippen molar-refractivity contribution >= 4 is 5.69 Å². The number of para-hydroxylation sites is 1. The third kappa shape index (κ3) is 3.71. The molecule has 1 aromatic carbocycles. The van der Waals surface area contributed by atoms with Crippen molar-refractivity contribution in [1.29, 1.82) is 0 Å². The zero-order chi connectivity index (χ0) is 13.7. The molecular formula is C16H27N3. The van der Waals surface area contributed by atoms with Gasteiger partial charge in [0.25, 0.3) is 0 Å². The van der Waals surface area contributed by atoms with Gasteiger partial charge in [0.2, 0.25) is 0 Å². The highest BCUT2D eigenvalue weighted by atomic mass is 15.3. The fourth-order valence-corrected chi connectivity index (χ4v) is 2.71. The van der Waals surface area contributed by atoms with Crippen LogP contribution >= 0.6 is 0 Å². The van der Waals surface area contributed by atoms with Gasteiger partial charge in [0.05, 0.1) is 0 Å². The Bertz CT molecular complexity index is 381. The van der Waals surface area contributed by atoms with E-state index in [1.165, 1.54) is 24.3 Å². The van der Waals surface area contributed by atoms with E-state index >= 15 is 0 Å². The number of rotatable bonds is 5. The van der Waals surface area contributed by atoms with Crippen LogP contribution in [0.2, 0.25) is 0 Å². The van der Waals surface area contributed by atoms with E-state index in [4.69, 9.17) is 0 Å². The van der Waals surface area contributed by atoms with Crippen LogP contribution in [0.5, 0.6) is 0 Å². The van der Waals surface area contributed by atoms with Gasteiger partial charge in [0.15, 0.2) is 0 Å². The first kappa shape index (κ1) is 14.4. The topological polar surface area (TPSA) is 18.5 Å². The number of nitrogens with zero attached hydrogens (tertiary/aromatic N) is 2. The van der Waals surface area contributed by atoms with E-state index in [1.54, 1.807) is 0 Å². The molecule has 0 amide bonds. The molecule has 0 aromatic heterocycles. The van der Waals surface area contributed by atoms with E-state index in [0.717, 1.165) is 26.2 Å². The SMILES string of the molecule is CCNCc1ccccc1N1CCN(C(C)C)CC1. The number of hydrogen-bond donors (Lipinski definition) is 1. The van der Waals surface area contributed by atoms with Crippen LogP contribution in [0.25, 0.3) is 0 Å². The molecule has 1 aliphatic heterocycles. The lowest BCUT2D eigenvalue weighted by atomic mass is 10.1. The standard InChI is InChI=1S/C16H27N3/c1-4-17-13-15-7-5-6-8-16(15)19-11-9-18(10-12-19)14(2)3/h5-8,14,17H,4,9-13H2,1-3H3. The summed E-state index contributed by atoms with van der Waals surface area (Å²) in [5.74, 6) is 0. The summed E-state index contributed by atoms with van der Waals surface area (Å²) in [6, 6.07) is 9.46. The fraction of sp³-hybridized carbons (Fsp3) is 0.625. The lowest BCUT2D eigenvalue weighted by Gasteiger charge is -2.38. The first-order valence-corrected chi connectivity index (χ1v) is 7.50. The van der Waals surface area contributed by atoms with Gasteiger partial charge in [-0.2, -0.15) is 0 Å². The van der Waals surface area contributed by atoms with Crippen LogP contribution in [0, 0.1) is 0 Å². The molecule has 0 unspecified atom stereocenters. The van der Waals surface area contributed by atoms with Gasteiger partial charge in [-0.25, -0.2) is 0 Å². The van der Waals surface area contributed by atoms with Crippen LogP contribution < -0.4 is 10.2 Å². The van der Waals surface area contributed by atoms with Crippen LogP contribution in [0.15, 0.2) is 24.3 Å². The summed E-state index contributed by atoms with van der Waals surface area (Å²) in [6.45, 7) is 13.4. The molecule has 0 bridgehead atoms. The predicted molar refractivity (Wildman–Crippen MR) is 82.7 cm³/mol. The van der Waals surface area contributed by atoms with Gasteiger partial charge in [-0.1, -0.05) is 25.1 Å². The van der Waals surface area contributed by atoms with Crippen molar-refractivity contribution < 1.29 is 0 Å². The van der Waals surface area contributed by atoms with Gasteiger partial charge < -0.3 is 10.2 Å². The Labute approximate surface area is 117 Å². The summed E-state index contributed by atoms with van der Waals surface area (Å²) in [6.07, 6.45) is 0. The first-order chi connectivity index (χ1) is 9.22. The predicted octanol–water partition coefficient (Wildman–Crippen LogP) is 2.33. The Morgan fingerprint density at radius 3 is 2.42 bits per heavy atom. The third-order valence-corrected chi connectivity index (χ3v) is 3.94. The summed E-state index contributed by atoms with van der Waals surface area (Å²) in [5.41, 5.74) is 2.83. The minimum Gasteiger partial charge on any atom is -0.369 e. The number of hydrogen-bond acceptors (Lipinski definition) is 3. The van der Waals surface area contributed by atoms with Crippen molar-refractivity contribution in [3.8, 4) is 0 Å². The molecule has 1 heterocycles. The highest BCUT2D eigenvalue weighted by Gasteiger charge is 2.20. The molecule has 3 nitrogen and oxygen atoms in total. The average Bonchev–Trinajstić information content (AvgIpc) is 2.45. The highest BCUT2D eigenvalue weighted by molar-refractivity contribution is 5.54. The summed E-state index contributed by atoms with van der Waals surface area (Å²) in [5, 5.41) is 3.43. The zero-order valence-electron chi connectivity index (χ0n) is 12.5. The van der Waals surface area contributed by atoms with Gasteiger partial charge in [0.1, 0.15) is 0 Å². The minimum absolute atomic E-state index is 0.666. The molecule has 1 saturated heterocycles. The Kier molecular flexibility index (Phi) is 5.23. The molecule has 0 spiro atoms. The number of piperazine rings is 1. The van der Waals surface area contributed by atoms with Crippen molar-refractivity contribution in [2.45, 2.75) is 33.4 Å². The molecule has 2 rings (SSSR count). The van der Waals surface area contributed by atoms with Gasteiger partial charge in [0, 0.05) is 44.5 Å². The maximum absolute atomic E-state index is 3.43. The van der Waals surface area contributed by atoms with Crippen LogP contribution in [0.1, 0.15) is 26.3 Å². The first-order valence-electron chi connectivity index (χ1n) is 7.50. The lowest BCUT2D eigenvalue weighted by Crippen LogP contribution is -2.49. The van der Waals surface area contributed by atoms with Gasteiger partial charge in [-0.05, 0) is 32.0 Å². The summed E-state index contributed by atoms with van der Waals surface area (Å²) >= 11 is 0. The second-order valence-electron chi connectivity index (χ2n) is 5.53. The summed E-state index contributed by atoms with van der Waals surface area (Å²) in [7, 11) is 0. The average molecular weight is 261 g/mol. The quantitative estimate of drug-likeness (QED) is 0.877. The Morgan fingerprint density at radius 2 is 1.79 bits per heavy atom. The molecule has 3 heteroatoms. The van der Waals surface area contributed by atoms with E-state index < -0.39 is 0 Å². The molecule has 0 radical (unpaired) electrons. The molecule has 1 N–H and O–H groups in total. The number of nitrogens with one attached hydrogen (secondary N) is 1. The lowest BCUT2D eigenvalue weighted by molar-refractivity contribution is 0.209. The summed E-state index contributed by atoms with van der Waals surface area (Å²) < 4.78 is 0. The highest BCUT2D eigenvalue weighted by Crippen LogP contribution is 2.22. The third-order valence-electron chi connectivity index (χ3n) is 3.94. The van der Waals surface area contributed by atoms with Gasteiger partial charge >= 0.3 is 0 Å². The molecular weight excluding hydrogens is 234 g/mol. The van der Waals surface area contributed by atoms with Crippen LogP contribution in [0.4, 0.5) is 5.69 Å². The Hall–Kier alpha value is -1.06. The molecule has 0 saturated carbocycles. The van der Waals surface area contributed by atoms with Crippen molar-refractivity contribution in [3.63, 3.8) is 0 Å². The van der Waals surface area contributed by atoms with E-state index in [1.807, 2.05) is 0 Å². The fourth-order valence-electron chi connectivity index (χ4n) is 2.71. The van der Waals surface area contributed by atoms with Crippen LogP contribution in [-0.2, 0) is 6.54 Å². The van der Waals surface area contributed by atoms with E-state index in [9.17, 15) is 0 Å².